The molecule has 1 aliphatic rings. The lowest BCUT2D eigenvalue weighted by Crippen LogP contribution is -2.41. The maximum Gasteiger partial charge on any atom is 0.154 e. The Kier molecular flexibility index (Phi) is 6.08. The van der Waals surface area contributed by atoms with E-state index in [0.717, 1.165) is 25.7 Å². The zero-order valence-electron chi connectivity index (χ0n) is 11.7. The number of ether oxygens (including phenoxy) is 1. The summed E-state index contributed by atoms with van der Waals surface area (Å²) in [5.41, 5.74) is 5.57. The van der Waals surface area contributed by atoms with E-state index in [1.807, 2.05) is 0 Å². The summed E-state index contributed by atoms with van der Waals surface area (Å²) in [4.78, 5) is 0. The summed E-state index contributed by atoms with van der Waals surface area (Å²) in [7, 11) is -3.01. The van der Waals surface area contributed by atoms with Gasteiger partial charge >= 0.3 is 0 Å². The van der Waals surface area contributed by atoms with Gasteiger partial charge < -0.3 is 10.5 Å². The van der Waals surface area contributed by atoms with Crippen molar-refractivity contribution in [3.05, 3.63) is 0 Å². The van der Waals surface area contributed by atoms with Crippen molar-refractivity contribution in [3.8, 4) is 0 Å². The Balaban J connectivity index is 2.49. The van der Waals surface area contributed by atoms with Crippen LogP contribution in [0.3, 0.4) is 0 Å². The summed E-state index contributed by atoms with van der Waals surface area (Å²) in [6.07, 6.45) is 6.66. The van der Waals surface area contributed by atoms with Gasteiger partial charge in [-0.1, -0.05) is 25.7 Å². The third-order valence-electron chi connectivity index (χ3n) is 3.88. The molecule has 0 aromatic heterocycles. The summed E-state index contributed by atoms with van der Waals surface area (Å²) < 4.78 is 29.3. The minimum atomic E-state index is -3.01. The molecule has 18 heavy (non-hydrogen) atoms. The summed E-state index contributed by atoms with van der Waals surface area (Å²) in [6, 6.07) is 0. The quantitative estimate of drug-likeness (QED) is 0.753. The largest absolute Gasteiger partial charge is 0.373 e. The first-order valence-electron chi connectivity index (χ1n) is 6.97. The van der Waals surface area contributed by atoms with Crippen LogP contribution < -0.4 is 5.73 Å². The lowest BCUT2D eigenvalue weighted by Gasteiger charge is -2.31. The highest BCUT2D eigenvalue weighted by atomic mass is 32.2. The monoisotopic (exact) mass is 277 g/mol. The maximum atomic E-state index is 11.7. The van der Waals surface area contributed by atoms with Gasteiger partial charge in [0.05, 0.1) is 23.2 Å². The van der Waals surface area contributed by atoms with Gasteiger partial charge in [0.1, 0.15) is 0 Å². The first-order valence-corrected chi connectivity index (χ1v) is 8.69. The van der Waals surface area contributed by atoms with Gasteiger partial charge in [0.15, 0.2) is 9.84 Å². The van der Waals surface area contributed by atoms with Crippen LogP contribution in [-0.4, -0.2) is 38.2 Å². The highest BCUT2D eigenvalue weighted by Crippen LogP contribution is 2.29. The van der Waals surface area contributed by atoms with Crippen molar-refractivity contribution in [3.63, 3.8) is 0 Å². The van der Waals surface area contributed by atoms with Crippen LogP contribution in [0.5, 0.6) is 0 Å². The van der Waals surface area contributed by atoms with E-state index in [-0.39, 0.29) is 23.2 Å². The second-order valence-electron chi connectivity index (χ2n) is 5.57. The molecule has 0 saturated heterocycles. The first-order chi connectivity index (χ1) is 8.42. The average molecular weight is 277 g/mol. The second-order valence-corrected chi connectivity index (χ2v) is 8.24. The number of sulfone groups is 1. The topological polar surface area (TPSA) is 69.4 Å². The Bertz CT molecular complexity index is 330. The number of nitrogens with two attached hydrogens (primary N) is 1. The predicted molar refractivity (Wildman–Crippen MR) is 74.4 cm³/mol. The van der Waals surface area contributed by atoms with Gasteiger partial charge in [0.25, 0.3) is 0 Å². The molecule has 2 N–H and O–H groups in total. The first kappa shape index (κ1) is 15.9. The Morgan fingerprint density at radius 2 is 1.72 bits per heavy atom. The van der Waals surface area contributed by atoms with E-state index < -0.39 is 9.84 Å². The fourth-order valence-electron chi connectivity index (χ4n) is 2.39. The SMILES string of the molecule is CC(C)S(=O)(=O)CCOC1(CN)CCCCCC1. The van der Waals surface area contributed by atoms with E-state index in [2.05, 4.69) is 0 Å². The van der Waals surface area contributed by atoms with Crippen LogP contribution in [0.4, 0.5) is 0 Å². The van der Waals surface area contributed by atoms with Crippen LogP contribution in [-0.2, 0) is 14.6 Å². The molecule has 0 radical (unpaired) electrons. The molecular weight excluding hydrogens is 250 g/mol. The third-order valence-corrected chi connectivity index (χ3v) is 6.05. The van der Waals surface area contributed by atoms with Crippen molar-refractivity contribution < 1.29 is 13.2 Å². The zero-order chi connectivity index (χ0) is 13.6. The molecule has 1 rings (SSSR count). The molecule has 0 bridgehead atoms. The van der Waals surface area contributed by atoms with Crippen LogP contribution in [0.1, 0.15) is 52.4 Å². The van der Waals surface area contributed by atoms with Crippen molar-refractivity contribution in [2.24, 2.45) is 5.73 Å². The lowest BCUT2D eigenvalue weighted by atomic mass is 9.94. The molecular formula is C13H27NO3S. The fraction of sp³-hybridized carbons (Fsp3) is 1.00. The number of hydrogen-bond donors (Lipinski definition) is 1. The Morgan fingerprint density at radius 3 is 2.17 bits per heavy atom. The van der Waals surface area contributed by atoms with E-state index in [1.165, 1.54) is 12.8 Å². The van der Waals surface area contributed by atoms with Gasteiger partial charge in [0, 0.05) is 6.54 Å². The van der Waals surface area contributed by atoms with Crippen LogP contribution >= 0.6 is 0 Å². The predicted octanol–water partition coefficient (Wildman–Crippen LogP) is 1.88. The molecule has 5 heteroatoms. The molecule has 0 unspecified atom stereocenters. The van der Waals surface area contributed by atoms with E-state index >= 15 is 0 Å². The summed E-state index contributed by atoms with van der Waals surface area (Å²) in [6.45, 7) is 4.19. The van der Waals surface area contributed by atoms with Crippen LogP contribution in [0.25, 0.3) is 0 Å². The second kappa shape index (κ2) is 6.87. The number of hydrogen-bond acceptors (Lipinski definition) is 4. The van der Waals surface area contributed by atoms with E-state index in [9.17, 15) is 8.42 Å². The molecule has 1 aliphatic carbocycles. The summed E-state index contributed by atoms with van der Waals surface area (Å²) in [5, 5.41) is -0.330. The van der Waals surface area contributed by atoms with Crippen molar-refractivity contribution in [1.29, 1.82) is 0 Å². The Morgan fingerprint density at radius 1 is 1.17 bits per heavy atom. The average Bonchev–Trinajstić information content (AvgIpc) is 2.55. The molecule has 0 aromatic carbocycles. The Labute approximate surface area is 111 Å². The lowest BCUT2D eigenvalue weighted by molar-refractivity contribution is -0.0420. The van der Waals surface area contributed by atoms with Crippen LogP contribution in [0.2, 0.25) is 0 Å². The third kappa shape index (κ3) is 4.52. The molecule has 0 aliphatic heterocycles. The van der Waals surface area contributed by atoms with Gasteiger partial charge in [-0.2, -0.15) is 0 Å². The van der Waals surface area contributed by atoms with Gasteiger partial charge in [-0.05, 0) is 26.7 Å². The summed E-state index contributed by atoms with van der Waals surface area (Å²) in [5.74, 6) is 0.104. The van der Waals surface area contributed by atoms with Crippen LogP contribution in [0.15, 0.2) is 0 Å². The molecule has 1 fully saturated rings. The Hall–Kier alpha value is -0.130. The van der Waals surface area contributed by atoms with Gasteiger partial charge in [0.2, 0.25) is 0 Å². The molecule has 0 atom stereocenters. The van der Waals surface area contributed by atoms with E-state index in [1.54, 1.807) is 13.8 Å². The highest BCUT2D eigenvalue weighted by Gasteiger charge is 2.31. The van der Waals surface area contributed by atoms with Crippen molar-refractivity contribution in [1.82, 2.24) is 0 Å². The fourth-order valence-corrected chi connectivity index (χ4v) is 3.18. The van der Waals surface area contributed by atoms with Gasteiger partial charge in [-0.25, -0.2) is 8.42 Å². The molecule has 0 aromatic rings. The molecule has 0 amide bonds. The zero-order valence-corrected chi connectivity index (χ0v) is 12.5. The normalized spacial score (nSPS) is 20.9. The van der Waals surface area contributed by atoms with Gasteiger partial charge in [-0.15, -0.1) is 0 Å². The number of rotatable bonds is 6. The minimum absolute atomic E-state index is 0.104. The van der Waals surface area contributed by atoms with Gasteiger partial charge in [-0.3, -0.25) is 0 Å². The summed E-state index contributed by atoms with van der Waals surface area (Å²) >= 11 is 0. The molecule has 0 spiro atoms. The molecule has 4 nitrogen and oxygen atoms in total. The standard InChI is InChI=1S/C13H27NO3S/c1-12(2)18(15,16)10-9-17-13(11-14)7-5-3-4-6-8-13/h12H,3-11,14H2,1-2H3. The highest BCUT2D eigenvalue weighted by molar-refractivity contribution is 7.91. The maximum absolute atomic E-state index is 11.7. The van der Waals surface area contributed by atoms with E-state index in [0.29, 0.717) is 6.54 Å². The van der Waals surface area contributed by atoms with Crippen LogP contribution in [0, 0.1) is 0 Å². The molecule has 0 heterocycles. The van der Waals surface area contributed by atoms with E-state index in [4.69, 9.17) is 10.5 Å². The smallest absolute Gasteiger partial charge is 0.154 e. The van der Waals surface area contributed by atoms with Crippen molar-refractivity contribution in [2.75, 3.05) is 18.9 Å². The minimum Gasteiger partial charge on any atom is -0.373 e. The van der Waals surface area contributed by atoms with Crippen molar-refractivity contribution in [2.45, 2.75) is 63.2 Å². The molecule has 1 saturated carbocycles. The van der Waals surface area contributed by atoms with Crippen molar-refractivity contribution >= 4 is 9.84 Å². The molecule has 108 valence electrons.